The van der Waals surface area contributed by atoms with Crippen LogP contribution in [0.1, 0.15) is 24.2 Å². The second-order valence-corrected chi connectivity index (χ2v) is 4.27. The van der Waals surface area contributed by atoms with Gasteiger partial charge in [0, 0.05) is 5.02 Å². The summed E-state index contributed by atoms with van der Waals surface area (Å²) >= 11 is 5.93. The van der Waals surface area contributed by atoms with Crippen LogP contribution >= 0.6 is 11.6 Å². The van der Waals surface area contributed by atoms with E-state index in [9.17, 15) is 5.11 Å². The molecule has 0 bridgehead atoms. The molecule has 1 heterocycles. The first-order chi connectivity index (χ1) is 8.20. The third-order valence-corrected chi connectivity index (χ3v) is 2.91. The average molecular weight is 252 g/mol. The van der Waals surface area contributed by atoms with E-state index in [0.717, 1.165) is 17.5 Å². The van der Waals surface area contributed by atoms with E-state index in [2.05, 4.69) is 10.1 Å². The highest BCUT2D eigenvalue weighted by atomic mass is 35.5. The maximum Gasteiger partial charge on any atom is 0.137 e. The number of aliphatic hydroxyl groups excluding tert-OH is 1. The molecular formula is C12H14ClN3O. The van der Waals surface area contributed by atoms with Crippen LogP contribution in [-0.2, 0) is 13.0 Å². The van der Waals surface area contributed by atoms with E-state index in [0.29, 0.717) is 11.6 Å². The van der Waals surface area contributed by atoms with Gasteiger partial charge in [-0.2, -0.15) is 5.10 Å². The molecule has 0 saturated carbocycles. The summed E-state index contributed by atoms with van der Waals surface area (Å²) in [6, 6.07) is 5.55. The number of halogens is 1. The minimum absolute atomic E-state index is 0.397. The van der Waals surface area contributed by atoms with Crippen molar-refractivity contribution in [3.63, 3.8) is 0 Å². The summed E-state index contributed by atoms with van der Waals surface area (Å²) < 4.78 is 1.61. The molecule has 2 rings (SSSR count). The Kier molecular flexibility index (Phi) is 3.76. The molecule has 0 amide bonds. The summed E-state index contributed by atoms with van der Waals surface area (Å²) in [5, 5.41) is 14.8. The van der Waals surface area contributed by atoms with Gasteiger partial charge in [-0.25, -0.2) is 4.98 Å². The Morgan fingerprint density at radius 1 is 1.47 bits per heavy atom. The van der Waals surface area contributed by atoms with Crippen LogP contribution in [-0.4, -0.2) is 19.9 Å². The standard InChI is InChI=1S/C12H14ClN3O/c1-2-9-5-10(13)3-4-11(9)12(17)6-16-8-14-7-15-16/h3-5,7-8,12,17H,2,6H2,1H3. The first kappa shape index (κ1) is 12.1. The zero-order valence-corrected chi connectivity index (χ0v) is 10.3. The zero-order chi connectivity index (χ0) is 12.3. The quantitative estimate of drug-likeness (QED) is 0.907. The van der Waals surface area contributed by atoms with Crippen LogP contribution in [0, 0.1) is 0 Å². The summed E-state index contributed by atoms with van der Waals surface area (Å²) in [5.74, 6) is 0. The van der Waals surface area contributed by atoms with E-state index in [-0.39, 0.29) is 0 Å². The Labute approximate surface area is 105 Å². The van der Waals surface area contributed by atoms with Gasteiger partial charge in [-0.1, -0.05) is 24.6 Å². The Bertz CT molecular complexity index is 485. The topological polar surface area (TPSA) is 50.9 Å². The largest absolute Gasteiger partial charge is 0.386 e. The van der Waals surface area contributed by atoms with Crippen molar-refractivity contribution in [2.45, 2.75) is 26.0 Å². The SMILES string of the molecule is CCc1cc(Cl)ccc1C(O)Cn1cncn1. The molecule has 0 saturated heterocycles. The molecule has 0 spiro atoms. The van der Waals surface area contributed by atoms with Crippen molar-refractivity contribution < 1.29 is 5.11 Å². The molecule has 0 aliphatic carbocycles. The molecule has 1 unspecified atom stereocenters. The molecule has 1 N–H and O–H groups in total. The maximum absolute atomic E-state index is 10.2. The molecule has 0 aliphatic heterocycles. The van der Waals surface area contributed by atoms with Crippen molar-refractivity contribution in [3.05, 3.63) is 47.0 Å². The van der Waals surface area contributed by atoms with Gasteiger partial charge in [-0.05, 0) is 29.7 Å². The van der Waals surface area contributed by atoms with E-state index in [4.69, 9.17) is 11.6 Å². The van der Waals surface area contributed by atoms with Gasteiger partial charge < -0.3 is 5.11 Å². The van der Waals surface area contributed by atoms with Crippen LogP contribution in [0.4, 0.5) is 0 Å². The minimum Gasteiger partial charge on any atom is -0.386 e. The van der Waals surface area contributed by atoms with Gasteiger partial charge in [-0.3, -0.25) is 4.68 Å². The predicted octanol–water partition coefficient (Wildman–Crippen LogP) is 2.23. The molecule has 90 valence electrons. The van der Waals surface area contributed by atoms with Crippen molar-refractivity contribution in [2.75, 3.05) is 0 Å². The molecule has 1 aromatic heterocycles. The molecule has 5 heteroatoms. The third-order valence-electron chi connectivity index (χ3n) is 2.67. The highest BCUT2D eigenvalue weighted by molar-refractivity contribution is 6.30. The first-order valence-electron chi connectivity index (χ1n) is 5.49. The van der Waals surface area contributed by atoms with Crippen molar-refractivity contribution >= 4 is 11.6 Å². The highest BCUT2D eigenvalue weighted by Crippen LogP contribution is 2.23. The van der Waals surface area contributed by atoms with Gasteiger partial charge in [0.1, 0.15) is 12.7 Å². The first-order valence-corrected chi connectivity index (χ1v) is 5.87. The molecule has 17 heavy (non-hydrogen) atoms. The fourth-order valence-corrected chi connectivity index (χ4v) is 2.00. The van der Waals surface area contributed by atoms with Crippen LogP contribution in [0.25, 0.3) is 0 Å². The Hall–Kier alpha value is -1.39. The number of aliphatic hydroxyl groups is 1. The van der Waals surface area contributed by atoms with Crippen LogP contribution in [0.15, 0.2) is 30.9 Å². The van der Waals surface area contributed by atoms with Crippen LogP contribution in [0.5, 0.6) is 0 Å². The lowest BCUT2D eigenvalue weighted by Crippen LogP contribution is -2.11. The van der Waals surface area contributed by atoms with Gasteiger partial charge in [0.25, 0.3) is 0 Å². The Balaban J connectivity index is 2.21. The zero-order valence-electron chi connectivity index (χ0n) is 9.55. The molecule has 2 aromatic rings. The summed E-state index contributed by atoms with van der Waals surface area (Å²) in [6.45, 7) is 2.44. The monoisotopic (exact) mass is 251 g/mol. The minimum atomic E-state index is -0.594. The van der Waals surface area contributed by atoms with Gasteiger partial charge in [0.15, 0.2) is 0 Å². The maximum atomic E-state index is 10.2. The fraction of sp³-hybridized carbons (Fsp3) is 0.333. The lowest BCUT2D eigenvalue weighted by Gasteiger charge is -2.15. The molecule has 0 radical (unpaired) electrons. The molecule has 0 fully saturated rings. The average Bonchev–Trinajstić information content (AvgIpc) is 2.81. The van der Waals surface area contributed by atoms with E-state index in [1.165, 1.54) is 6.33 Å². The van der Waals surface area contributed by atoms with E-state index >= 15 is 0 Å². The Morgan fingerprint density at radius 2 is 2.29 bits per heavy atom. The van der Waals surface area contributed by atoms with Crippen molar-refractivity contribution in [3.8, 4) is 0 Å². The van der Waals surface area contributed by atoms with Crippen molar-refractivity contribution in [2.24, 2.45) is 0 Å². The molecule has 0 aliphatic rings. The lowest BCUT2D eigenvalue weighted by molar-refractivity contribution is 0.150. The number of aromatic nitrogens is 3. The highest BCUT2D eigenvalue weighted by Gasteiger charge is 2.12. The van der Waals surface area contributed by atoms with Gasteiger partial charge in [0.2, 0.25) is 0 Å². The number of aryl methyl sites for hydroxylation is 1. The molecule has 1 aromatic carbocycles. The lowest BCUT2D eigenvalue weighted by atomic mass is 10.0. The van der Waals surface area contributed by atoms with Crippen LogP contribution in [0.2, 0.25) is 5.02 Å². The molecular weight excluding hydrogens is 238 g/mol. The van der Waals surface area contributed by atoms with Crippen molar-refractivity contribution in [1.29, 1.82) is 0 Å². The summed E-state index contributed by atoms with van der Waals surface area (Å²) in [5.41, 5.74) is 1.96. The predicted molar refractivity (Wildman–Crippen MR) is 65.8 cm³/mol. The van der Waals surface area contributed by atoms with Gasteiger partial charge in [-0.15, -0.1) is 0 Å². The van der Waals surface area contributed by atoms with Crippen molar-refractivity contribution in [1.82, 2.24) is 14.8 Å². The molecule has 4 nitrogen and oxygen atoms in total. The van der Waals surface area contributed by atoms with Gasteiger partial charge in [0.05, 0.1) is 12.6 Å². The number of nitrogens with zero attached hydrogens (tertiary/aromatic N) is 3. The molecule has 1 atom stereocenters. The smallest absolute Gasteiger partial charge is 0.137 e. The second-order valence-electron chi connectivity index (χ2n) is 3.83. The van der Waals surface area contributed by atoms with Crippen LogP contribution in [0.3, 0.4) is 0 Å². The van der Waals surface area contributed by atoms with E-state index in [1.54, 1.807) is 17.1 Å². The third kappa shape index (κ3) is 2.84. The number of hydrogen-bond acceptors (Lipinski definition) is 3. The second kappa shape index (κ2) is 5.29. The normalized spacial score (nSPS) is 12.6. The van der Waals surface area contributed by atoms with E-state index in [1.807, 2.05) is 19.1 Å². The fourth-order valence-electron chi connectivity index (χ4n) is 1.81. The van der Waals surface area contributed by atoms with E-state index < -0.39 is 6.10 Å². The summed E-state index contributed by atoms with van der Waals surface area (Å²) in [7, 11) is 0. The number of rotatable bonds is 4. The number of hydrogen-bond donors (Lipinski definition) is 1. The summed E-state index contributed by atoms with van der Waals surface area (Å²) in [6.07, 6.45) is 3.29. The van der Waals surface area contributed by atoms with Crippen LogP contribution < -0.4 is 0 Å². The van der Waals surface area contributed by atoms with Gasteiger partial charge >= 0.3 is 0 Å². The summed E-state index contributed by atoms with van der Waals surface area (Å²) in [4.78, 5) is 3.85. The number of benzene rings is 1. The Morgan fingerprint density at radius 3 is 2.94 bits per heavy atom.